The molecule has 4 fully saturated rings. The van der Waals surface area contributed by atoms with E-state index in [1.807, 2.05) is 0 Å². The topological polar surface area (TPSA) is 69.3 Å². The molecule has 1 aromatic rings. The number of aromatic nitrogens is 1. The molecule has 4 aliphatic rings. The minimum atomic E-state index is -0.372. The van der Waals surface area contributed by atoms with Crippen LogP contribution in [0.3, 0.4) is 0 Å². The molecule has 4 aliphatic carbocycles. The molecule has 0 amide bonds. The lowest BCUT2D eigenvalue weighted by molar-refractivity contribution is -0.413. The second kappa shape index (κ2) is 4.43. The number of anilines is 1. The molecule has 0 spiro atoms. The number of rotatable bonds is 3. The highest BCUT2D eigenvalue weighted by molar-refractivity contribution is 5.36. The van der Waals surface area contributed by atoms with E-state index in [4.69, 9.17) is 0 Å². The Balaban J connectivity index is 1.50. The summed E-state index contributed by atoms with van der Waals surface area (Å²) < 4.78 is 0. The molecular weight excluding hydrogens is 254 g/mol. The van der Waals surface area contributed by atoms with Crippen LogP contribution in [-0.4, -0.2) is 11.0 Å². The van der Waals surface area contributed by atoms with Gasteiger partial charge < -0.3 is 0 Å². The van der Waals surface area contributed by atoms with Gasteiger partial charge in [0.05, 0.1) is 11.0 Å². The molecule has 5 rings (SSSR count). The molecule has 4 saturated carbocycles. The predicted molar refractivity (Wildman–Crippen MR) is 74.1 cm³/mol. The zero-order valence-electron chi connectivity index (χ0n) is 11.4. The van der Waals surface area contributed by atoms with Crippen LogP contribution in [-0.2, 0) is 0 Å². The number of aromatic amines is 1. The van der Waals surface area contributed by atoms with Gasteiger partial charge in [0, 0.05) is 12.1 Å². The van der Waals surface area contributed by atoms with Crippen molar-refractivity contribution in [3.8, 4) is 0 Å². The lowest BCUT2D eigenvalue weighted by Gasteiger charge is -2.52. The van der Waals surface area contributed by atoms with Crippen molar-refractivity contribution in [1.82, 2.24) is 0 Å². The highest BCUT2D eigenvalue weighted by Gasteiger charge is 2.50. The van der Waals surface area contributed by atoms with E-state index in [0.717, 1.165) is 29.5 Å². The summed E-state index contributed by atoms with van der Waals surface area (Å²) in [6, 6.07) is 3.92. The summed E-state index contributed by atoms with van der Waals surface area (Å²) in [7, 11) is 0. The van der Waals surface area contributed by atoms with Crippen LogP contribution in [0.4, 0.5) is 11.5 Å². The van der Waals surface area contributed by atoms with Crippen LogP contribution in [0.1, 0.15) is 32.1 Å². The van der Waals surface area contributed by atoms with Gasteiger partial charge >= 0.3 is 5.69 Å². The molecule has 5 nitrogen and oxygen atoms in total. The Hall–Kier alpha value is -1.65. The van der Waals surface area contributed by atoms with Gasteiger partial charge in [-0.25, -0.2) is 4.98 Å². The van der Waals surface area contributed by atoms with Crippen LogP contribution in [0.25, 0.3) is 0 Å². The third kappa shape index (κ3) is 1.96. The first-order valence-corrected chi connectivity index (χ1v) is 7.61. The maximum Gasteiger partial charge on any atom is 0.308 e. The Morgan fingerprint density at radius 3 is 2.25 bits per heavy atom. The van der Waals surface area contributed by atoms with Gasteiger partial charge in [-0.05, 0) is 55.8 Å². The van der Waals surface area contributed by atoms with Gasteiger partial charge in [-0.2, -0.15) is 0 Å². The summed E-state index contributed by atoms with van der Waals surface area (Å²) in [6.07, 6.45) is 8.42. The van der Waals surface area contributed by atoms with E-state index in [-0.39, 0.29) is 10.6 Å². The number of nitrogens with one attached hydrogen (secondary N) is 2. The molecule has 4 bridgehead atoms. The lowest BCUT2D eigenvalue weighted by atomic mass is 9.54. The van der Waals surface area contributed by atoms with E-state index in [1.165, 1.54) is 38.3 Å². The minimum absolute atomic E-state index is 0.112. The van der Waals surface area contributed by atoms with Crippen molar-refractivity contribution in [3.63, 3.8) is 0 Å². The largest absolute Gasteiger partial charge is 0.308 e. The van der Waals surface area contributed by atoms with Gasteiger partial charge in [0.15, 0.2) is 6.20 Å². The van der Waals surface area contributed by atoms with Gasteiger partial charge in [0.2, 0.25) is 0 Å². The Labute approximate surface area is 117 Å². The van der Waals surface area contributed by atoms with Crippen LogP contribution in [0, 0.1) is 33.8 Å². The zero-order valence-corrected chi connectivity index (χ0v) is 11.4. The average molecular weight is 274 g/mol. The molecule has 1 aromatic heterocycles. The molecule has 0 unspecified atom stereocenters. The molecule has 0 aliphatic heterocycles. The van der Waals surface area contributed by atoms with Crippen LogP contribution < -0.4 is 10.3 Å². The molecule has 2 N–H and O–H groups in total. The van der Waals surface area contributed by atoms with E-state index in [0.29, 0.717) is 6.04 Å². The first kappa shape index (κ1) is 12.1. The maximum atomic E-state index is 10.7. The lowest BCUT2D eigenvalue weighted by Crippen LogP contribution is -2.52. The van der Waals surface area contributed by atoms with Gasteiger partial charge in [-0.3, -0.25) is 15.4 Å². The van der Waals surface area contributed by atoms with Crippen LogP contribution in [0.2, 0.25) is 0 Å². The van der Waals surface area contributed by atoms with E-state index in [2.05, 4.69) is 10.3 Å². The molecular formula is C15H20N3O2+. The highest BCUT2D eigenvalue weighted by atomic mass is 16.6. The normalized spacial score (nSPS) is 37.9. The zero-order chi connectivity index (χ0) is 13.7. The number of hydrogen-bond acceptors (Lipinski definition) is 3. The first-order chi connectivity index (χ1) is 9.69. The van der Waals surface area contributed by atoms with Crippen LogP contribution in [0.5, 0.6) is 0 Å². The van der Waals surface area contributed by atoms with Crippen molar-refractivity contribution in [3.05, 3.63) is 28.4 Å². The van der Waals surface area contributed by atoms with Gasteiger partial charge in [0.1, 0.15) is 0 Å². The standard InChI is InChI=1S/C15H19N3O2/c19-18(20)13-1-2-14(16-8-13)17-15-11-4-9-3-10(6-11)7-12(15)5-9/h1-2,8-12,15H,3-7H2,(H,16,17)/p+1. The van der Waals surface area contributed by atoms with Crippen molar-refractivity contribution >= 4 is 11.5 Å². The second-order valence-corrected chi connectivity index (χ2v) is 6.82. The van der Waals surface area contributed by atoms with Crippen molar-refractivity contribution < 1.29 is 9.91 Å². The molecule has 106 valence electrons. The summed E-state index contributed by atoms with van der Waals surface area (Å²) in [5.41, 5.74) is 0.112. The monoisotopic (exact) mass is 274 g/mol. The van der Waals surface area contributed by atoms with Crippen molar-refractivity contribution in [2.75, 3.05) is 5.32 Å². The van der Waals surface area contributed by atoms with Crippen molar-refractivity contribution in [2.45, 2.75) is 38.1 Å². The summed E-state index contributed by atoms with van der Waals surface area (Å²) in [5.74, 6) is 4.45. The fraction of sp³-hybridized carbons (Fsp3) is 0.667. The van der Waals surface area contributed by atoms with Gasteiger partial charge in [-0.15, -0.1) is 0 Å². The van der Waals surface area contributed by atoms with E-state index >= 15 is 0 Å². The molecule has 0 aromatic carbocycles. The van der Waals surface area contributed by atoms with Gasteiger partial charge in [0.25, 0.3) is 5.82 Å². The molecule has 1 heterocycles. The third-order valence-electron chi connectivity index (χ3n) is 5.56. The Kier molecular flexibility index (Phi) is 2.69. The van der Waals surface area contributed by atoms with Gasteiger partial charge in [-0.1, -0.05) is 0 Å². The van der Waals surface area contributed by atoms with Crippen LogP contribution in [0.15, 0.2) is 18.3 Å². The number of hydrogen-bond donors (Lipinski definition) is 1. The molecule has 0 saturated heterocycles. The summed E-state index contributed by atoms with van der Waals surface area (Å²) >= 11 is 0. The number of nitro groups is 1. The number of H-pyrrole nitrogens is 1. The van der Waals surface area contributed by atoms with E-state index in [9.17, 15) is 10.1 Å². The van der Waals surface area contributed by atoms with Crippen molar-refractivity contribution in [2.24, 2.45) is 23.7 Å². The number of pyridine rings is 1. The highest BCUT2D eigenvalue weighted by Crippen LogP contribution is 2.54. The Bertz CT molecular complexity index is 500. The summed E-state index contributed by atoms with van der Waals surface area (Å²) in [5, 5.41) is 14.3. The third-order valence-corrected chi connectivity index (χ3v) is 5.56. The predicted octanol–water partition coefficient (Wildman–Crippen LogP) is 2.65. The first-order valence-electron chi connectivity index (χ1n) is 7.61. The smallest absolute Gasteiger partial charge is 0.271 e. The summed E-state index contributed by atoms with van der Waals surface area (Å²) in [4.78, 5) is 13.3. The number of nitrogens with zero attached hydrogens (tertiary/aromatic N) is 1. The average Bonchev–Trinajstić information content (AvgIpc) is 2.42. The molecule has 0 radical (unpaired) electrons. The minimum Gasteiger partial charge on any atom is -0.271 e. The SMILES string of the molecule is O=[N+]([O-])c1ccc(NC2C3CC4CC(C3)CC2C4)[nH+]c1. The van der Waals surface area contributed by atoms with E-state index in [1.54, 1.807) is 12.1 Å². The Morgan fingerprint density at radius 1 is 1.10 bits per heavy atom. The quantitative estimate of drug-likeness (QED) is 0.680. The fourth-order valence-corrected chi connectivity index (χ4v) is 4.96. The Morgan fingerprint density at radius 2 is 1.75 bits per heavy atom. The van der Waals surface area contributed by atoms with Crippen LogP contribution >= 0.6 is 0 Å². The maximum absolute atomic E-state index is 10.7. The molecule has 0 atom stereocenters. The molecule has 20 heavy (non-hydrogen) atoms. The summed E-state index contributed by atoms with van der Waals surface area (Å²) in [6.45, 7) is 0. The van der Waals surface area contributed by atoms with E-state index < -0.39 is 0 Å². The molecule has 5 heteroatoms. The van der Waals surface area contributed by atoms with Crippen molar-refractivity contribution in [1.29, 1.82) is 0 Å². The fourth-order valence-electron chi connectivity index (χ4n) is 4.96. The second-order valence-electron chi connectivity index (χ2n) is 6.82.